The second-order valence-corrected chi connectivity index (χ2v) is 12.5. The quantitative estimate of drug-likeness (QED) is 0.0826. The molecule has 0 aliphatic heterocycles. The van der Waals surface area contributed by atoms with Crippen LogP contribution in [-0.4, -0.2) is 77.4 Å². The zero-order valence-electron chi connectivity index (χ0n) is 29.1. The molecule has 3 aromatic rings. The number of fused-ring (bicyclic) bond motifs is 1. The van der Waals surface area contributed by atoms with Crippen LogP contribution in [-0.2, 0) is 44.5 Å². The van der Waals surface area contributed by atoms with Crippen molar-refractivity contribution in [3.8, 4) is 0 Å². The molecule has 1 heterocycles. The molecule has 1 aromatic heterocycles. The fourth-order valence-electron chi connectivity index (χ4n) is 5.30. The highest BCUT2D eigenvalue weighted by Crippen LogP contribution is 2.26. The summed E-state index contributed by atoms with van der Waals surface area (Å²) in [6, 6.07) is 11.9. The maximum atomic E-state index is 14.3. The first kappa shape index (κ1) is 40.4. The van der Waals surface area contributed by atoms with Crippen molar-refractivity contribution in [2.75, 3.05) is 19.9 Å². The minimum absolute atomic E-state index is 0.00195. The Labute approximate surface area is 295 Å². The summed E-state index contributed by atoms with van der Waals surface area (Å²) in [6.45, 7) is 4.35. The number of hydrogen-bond donors (Lipinski definition) is 3. The van der Waals surface area contributed by atoms with Gasteiger partial charge in [0.05, 0.1) is 42.5 Å². The summed E-state index contributed by atoms with van der Waals surface area (Å²) in [7, 11) is 0. The third kappa shape index (κ3) is 14.0. The molecule has 0 aliphatic rings. The predicted molar refractivity (Wildman–Crippen MR) is 183 cm³/mol. The summed E-state index contributed by atoms with van der Waals surface area (Å²) < 4.78 is 35.8. The Hall–Kier alpha value is -5.02. The first-order valence-corrected chi connectivity index (χ1v) is 16.7. The zero-order chi connectivity index (χ0) is 37.4. The average Bonchev–Trinajstić information content (AvgIpc) is 3.08. The maximum absolute atomic E-state index is 14.3. The van der Waals surface area contributed by atoms with Gasteiger partial charge in [-0.3, -0.25) is 29.0 Å². The smallest absolute Gasteiger partial charge is 0.321 e. The number of aromatic nitrogens is 2. The standard InChI is InChI=1S/C36H46FN5O9/c1-4-48-31(43)13-8-14-32(44)51-36(2,3)16-15-24(34(39)46)19-30(49-22-50-33(45)20-38)28(18-23-9-7-10-25(37)17-23)42-35(47)29-21-40-26-11-5-6-12-27(26)41-29/h5-7,9-12,17,21,24,28,30H,4,8,13-16,18-20,22,38H2,1-3H3,(H2,39,46)(H,42,47). The summed E-state index contributed by atoms with van der Waals surface area (Å²) in [5.41, 5.74) is 11.8. The maximum Gasteiger partial charge on any atom is 0.321 e. The van der Waals surface area contributed by atoms with E-state index in [1.807, 2.05) is 0 Å². The van der Waals surface area contributed by atoms with Crippen LogP contribution in [0.1, 0.15) is 75.3 Å². The fourth-order valence-corrected chi connectivity index (χ4v) is 5.30. The Kier molecular flexibility index (Phi) is 15.8. The molecular weight excluding hydrogens is 665 g/mol. The van der Waals surface area contributed by atoms with Crippen molar-refractivity contribution >= 4 is 40.8 Å². The van der Waals surface area contributed by atoms with Crippen molar-refractivity contribution in [2.45, 2.75) is 83.5 Å². The minimum atomic E-state index is -1.01. The molecule has 0 bridgehead atoms. The van der Waals surface area contributed by atoms with Gasteiger partial charge in [0, 0.05) is 18.8 Å². The summed E-state index contributed by atoms with van der Waals surface area (Å²) in [5, 5.41) is 2.89. The molecule has 5 N–H and O–H groups in total. The normalized spacial score (nSPS) is 13.1. The molecule has 0 saturated carbocycles. The van der Waals surface area contributed by atoms with Crippen LogP contribution in [0.15, 0.2) is 54.7 Å². The number of ether oxygens (including phenoxy) is 4. The predicted octanol–water partition coefficient (Wildman–Crippen LogP) is 3.28. The molecule has 2 amide bonds. The van der Waals surface area contributed by atoms with Crippen molar-refractivity contribution in [3.05, 3.63) is 71.8 Å². The number of para-hydroxylation sites is 2. The van der Waals surface area contributed by atoms with Crippen LogP contribution in [0.5, 0.6) is 0 Å². The van der Waals surface area contributed by atoms with E-state index < -0.39 is 72.5 Å². The van der Waals surface area contributed by atoms with Crippen molar-refractivity contribution in [2.24, 2.45) is 17.4 Å². The highest BCUT2D eigenvalue weighted by atomic mass is 19.1. The summed E-state index contributed by atoms with van der Waals surface area (Å²) >= 11 is 0. The third-order valence-corrected chi connectivity index (χ3v) is 7.93. The van der Waals surface area contributed by atoms with E-state index in [0.29, 0.717) is 16.6 Å². The van der Waals surface area contributed by atoms with Gasteiger partial charge in [-0.25, -0.2) is 9.37 Å². The molecule has 15 heteroatoms. The molecule has 3 rings (SSSR count). The second-order valence-electron chi connectivity index (χ2n) is 12.5. The SMILES string of the molecule is CCOC(=O)CCCC(=O)OC(C)(C)CCC(CC(OCOC(=O)CN)C(Cc1cccc(F)c1)NC(=O)c1cnc2ccccc2n1)C(N)=O. The lowest BCUT2D eigenvalue weighted by atomic mass is 9.87. The van der Waals surface area contributed by atoms with E-state index in [4.69, 9.17) is 30.4 Å². The Bertz CT molecular complexity index is 1650. The number of carbonyl (C=O) groups is 5. The Balaban J connectivity index is 1.83. The topological polar surface area (TPSA) is 212 Å². The zero-order valence-corrected chi connectivity index (χ0v) is 29.1. The molecule has 3 unspecified atom stereocenters. The molecule has 2 aromatic carbocycles. The van der Waals surface area contributed by atoms with E-state index in [0.717, 1.165) is 0 Å². The van der Waals surface area contributed by atoms with Gasteiger partial charge in [0.25, 0.3) is 5.91 Å². The lowest BCUT2D eigenvalue weighted by Gasteiger charge is -2.32. The number of esters is 3. The van der Waals surface area contributed by atoms with Crippen LogP contribution in [0.3, 0.4) is 0 Å². The summed E-state index contributed by atoms with van der Waals surface area (Å²) in [5.74, 6) is -4.33. The van der Waals surface area contributed by atoms with Crippen molar-refractivity contribution < 1.29 is 47.3 Å². The number of amides is 2. The van der Waals surface area contributed by atoms with E-state index in [1.54, 1.807) is 51.1 Å². The first-order chi connectivity index (χ1) is 24.3. The van der Waals surface area contributed by atoms with Crippen LogP contribution in [0.2, 0.25) is 0 Å². The lowest BCUT2D eigenvalue weighted by molar-refractivity contribution is -0.163. The minimum Gasteiger partial charge on any atom is -0.466 e. The molecule has 0 radical (unpaired) electrons. The number of halogens is 1. The van der Waals surface area contributed by atoms with Gasteiger partial charge in [-0.2, -0.15) is 0 Å². The molecule has 0 fully saturated rings. The Morgan fingerprint density at radius 2 is 1.69 bits per heavy atom. The van der Waals surface area contributed by atoms with Crippen LogP contribution >= 0.6 is 0 Å². The van der Waals surface area contributed by atoms with Crippen LogP contribution < -0.4 is 16.8 Å². The van der Waals surface area contributed by atoms with Gasteiger partial charge in [-0.1, -0.05) is 24.3 Å². The van der Waals surface area contributed by atoms with Crippen molar-refractivity contribution in [3.63, 3.8) is 0 Å². The number of rotatable bonds is 21. The van der Waals surface area contributed by atoms with E-state index in [1.165, 1.54) is 24.4 Å². The van der Waals surface area contributed by atoms with Gasteiger partial charge in [0.2, 0.25) is 5.91 Å². The average molecular weight is 712 g/mol. The van der Waals surface area contributed by atoms with Crippen LogP contribution in [0.25, 0.3) is 11.0 Å². The van der Waals surface area contributed by atoms with E-state index in [9.17, 15) is 28.4 Å². The molecular formula is C36H46FN5O9. The monoisotopic (exact) mass is 711 g/mol. The van der Waals surface area contributed by atoms with Gasteiger partial charge < -0.3 is 35.7 Å². The highest BCUT2D eigenvalue weighted by molar-refractivity contribution is 5.94. The molecule has 0 aliphatic carbocycles. The van der Waals surface area contributed by atoms with E-state index in [2.05, 4.69) is 15.3 Å². The van der Waals surface area contributed by atoms with Crippen LogP contribution in [0.4, 0.5) is 4.39 Å². The van der Waals surface area contributed by atoms with E-state index in [-0.39, 0.29) is 57.2 Å². The summed E-state index contributed by atoms with van der Waals surface area (Å²) in [4.78, 5) is 71.1. The lowest BCUT2D eigenvalue weighted by Crippen LogP contribution is -2.48. The van der Waals surface area contributed by atoms with Gasteiger partial charge >= 0.3 is 17.9 Å². The summed E-state index contributed by atoms with van der Waals surface area (Å²) in [6.07, 6.45) is 0.990. The second kappa shape index (κ2) is 20.0. The van der Waals surface area contributed by atoms with Gasteiger partial charge in [-0.05, 0) is 82.7 Å². The van der Waals surface area contributed by atoms with Gasteiger partial charge in [0.1, 0.15) is 17.1 Å². The molecule has 14 nitrogen and oxygen atoms in total. The fraction of sp³-hybridized carbons (Fsp3) is 0.472. The number of carbonyl (C=O) groups excluding carboxylic acids is 5. The Morgan fingerprint density at radius 3 is 2.37 bits per heavy atom. The number of hydrogen-bond acceptors (Lipinski definition) is 12. The number of nitrogens with zero attached hydrogens (tertiary/aromatic N) is 2. The van der Waals surface area contributed by atoms with Crippen LogP contribution in [0, 0.1) is 11.7 Å². The first-order valence-electron chi connectivity index (χ1n) is 16.7. The van der Waals surface area contributed by atoms with Crippen molar-refractivity contribution in [1.82, 2.24) is 15.3 Å². The van der Waals surface area contributed by atoms with Gasteiger partial charge in [0.15, 0.2) is 6.79 Å². The number of nitrogens with two attached hydrogens (primary N) is 2. The Morgan fingerprint density at radius 1 is 0.961 bits per heavy atom. The molecule has 0 saturated heterocycles. The van der Waals surface area contributed by atoms with Gasteiger partial charge in [-0.15, -0.1) is 0 Å². The molecule has 3 atom stereocenters. The molecule has 276 valence electrons. The molecule has 0 spiro atoms. The van der Waals surface area contributed by atoms with E-state index >= 15 is 0 Å². The largest absolute Gasteiger partial charge is 0.466 e. The number of primary amides is 1. The number of nitrogens with one attached hydrogen (secondary N) is 1. The number of benzene rings is 2. The third-order valence-electron chi connectivity index (χ3n) is 7.93. The van der Waals surface area contributed by atoms with Crippen molar-refractivity contribution in [1.29, 1.82) is 0 Å². The highest BCUT2D eigenvalue weighted by Gasteiger charge is 2.33. The molecule has 51 heavy (non-hydrogen) atoms.